The van der Waals surface area contributed by atoms with E-state index in [-0.39, 0.29) is 12.7 Å². The van der Waals surface area contributed by atoms with Crippen molar-refractivity contribution in [2.45, 2.75) is 39.7 Å². The minimum Gasteiger partial charge on any atom is -0.473 e. The molecule has 1 aromatic heterocycles. The highest BCUT2D eigenvalue weighted by Gasteiger charge is 2.11. The molecule has 0 spiro atoms. The summed E-state index contributed by atoms with van der Waals surface area (Å²) in [6.07, 6.45) is 2.20. The lowest BCUT2D eigenvalue weighted by molar-refractivity contribution is 0.234. The van der Waals surface area contributed by atoms with Gasteiger partial charge in [-0.25, -0.2) is 0 Å². The fourth-order valence-corrected chi connectivity index (χ4v) is 1.75. The van der Waals surface area contributed by atoms with Crippen LogP contribution in [0.2, 0.25) is 0 Å². The highest BCUT2D eigenvalue weighted by atomic mass is 16.5. The van der Waals surface area contributed by atoms with Crippen LogP contribution in [-0.4, -0.2) is 35.9 Å². The first kappa shape index (κ1) is 15.6. The van der Waals surface area contributed by atoms with Gasteiger partial charge >= 0.3 is 0 Å². The van der Waals surface area contributed by atoms with Crippen LogP contribution in [0.25, 0.3) is 0 Å². The van der Waals surface area contributed by atoms with Crippen molar-refractivity contribution < 1.29 is 9.84 Å². The highest BCUT2D eigenvalue weighted by Crippen LogP contribution is 2.24. The van der Waals surface area contributed by atoms with Crippen LogP contribution in [0.5, 0.6) is 5.88 Å². The van der Waals surface area contributed by atoms with Crippen molar-refractivity contribution in [3.63, 3.8) is 0 Å². The second-order valence-electron chi connectivity index (χ2n) is 4.79. The van der Waals surface area contributed by atoms with Gasteiger partial charge in [0.25, 0.3) is 0 Å². The quantitative estimate of drug-likeness (QED) is 0.754. The highest BCUT2D eigenvalue weighted by molar-refractivity contribution is 5.54. The summed E-state index contributed by atoms with van der Waals surface area (Å²) in [5.41, 5.74) is 6.40. The molecule has 0 aliphatic rings. The molecule has 0 aromatic carbocycles. The van der Waals surface area contributed by atoms with Crippen molar-refractivity contribution in [1.82, 2.24) is 4.98 Å². The molecule has 0 radical (unpaired) electrons. The molecule has 0 saturated carbocycles. The van der Waals surface area contributed by atoms with Gasteiger partial charge in [0.2, 0.25) is 5.88 Å². The molecular formula is C14H25N3O2. The first-order valence-corrected chi connectivity index (χ1v) is 6.87. The largest absolute Gasteiger partial charge is 0.473 e. The van der Waals surface area contributed by atoms with Crippen LogP contribution in [-0.2, 0) is 0 Å². The van der Waals surface area contributed by atoms with Crippen LogP contribution in [0, 0.1) is 0 Å². The van der Waals surface area contributed by atoms with E-state index >= 15 is 0 Å². The summed E-state index contributed by atoms with van der Waals surface area (Å²) in [6.45, 7) is 7.57. The van der Waals surface area contributed by atoms with E-state index in [1.807, 2.05) is 19.9 Å². The molecule has 0 fully saturated rings. The number of anilines is 2. The van der Waals surface area contributed by atoms with Crippen molar-refractivity contribution in [3.8, 4) is 5.88 Å². The second-order valence-corrected chi connectivity index (χ2v) is 4.79. The number of pyridine rings is 1. The minimum absolute atomic E-state index is 0.0342. The summed E-state index contributed by atoms with van der Waals surface area (Å²) < 4.78 is 5.59. The third-order valence-corrected chi connectivity index (χ3v) is 2.70. The van der Waals surface area contributed by atoms with Gasteiger partial charge in [-0.2, -0.15) is 4.98 Å². The van der Waals surface area contributed by atoms with Gasteiger partial charge in [0.15, 0.2) is 0 Å². The van der Waals surface area contributed by atoms with Gasteiger partial charge in [0.05, 0.1) is 18.4 Å². The number of unbranched alkanes of at least 4 members (excludes halogenated alkanes) is 1. The number of nitrogen functional groups attached to an aromatic ring is 1. The summed E-state index contributed by atoms with van der Waals surface area (Å²) in [5.74, 6) is 1.26. The van der Waals surface area contributed by atoms with E-state index in [0.29, 0.717) is 18.1 Å². The first-order chi connectivity index (χ1) is 9.08. The summed E-state index contributed by atoms with van der Waals surface area (Å²) in [7, 11) is 0. The Balaban J connectivity index is 2.89. The summed E-state index contributed by atoms with van der Waals surface area (Å²) in [4.78, 5) is 6.50. The molecule has 0 bridgehead atoms. The maximum absolute atomic E-state index is 9.14. The van der Waals surface area contributed by atoms with Crippen molar-refractivity contribution in [2.75, 3.05) is 30.3 Å². The van der Waals surface area contributed by atoms with E-state index in [4.69, 9.17) is 15.6 Å². The Hall–Kier alpha value is -1.49. The molecule has 108 valence electrons. The Bertz CT molecular complexity index is 383. The Morgan fingerprint density at radius 1 is 1.37 bits per heavy atom. The van der Waals surface area contributed by atoms with Crippen molar-refractivity contribution in [3.05, 3.63) is 12.1 Å². The predicted octanol–water partition coefficient (Wildman–Crippen LogP) is 2.05. The zero-order chi connectivity index (χ0) is 14.3. The lowest BCUT2D eigenvalue weighted by Crippen LogP contribution is -2.28. The maximum Gasteiger partial charge on any atom is 0.239 e. The van der Waals surface area contributed by atoms with Crippen LogP contribution < -0.4 is 15.4 Å². The molecule has 0 unspecified atom stereocenters. The molecule has 0 saturated heterocycles. The number of nitrogens with two attached hydrogens (primary N) is 1. The number of ether oxygens (including phenoxy) is 1. The average Bonchev–Trinajstić information content (AvgIpc) is 2.37. The van der Waals surface area contributed by atoms with E-state index in [9.17, 15) is 0 Å². The SMILES string of the molecule is CCCCN(CCO)c1ccc(N)c(OC(C)C)n1. The molecule has 19 heavy (non-hydrogen) atoms. The van der Waals surface area contributed by atoms with Gasteiger partial charge in [0.1, 0.15) is 5.82 Å². The van der Waals surface area contributed by atoms with Crippen molar-refractivity contribution in [2.24, 2.45) is 0 Å². The van der Waals surface area contributed by atoms with Crippen LogP contribution in [0.1, 0.15) is 33.6 Å². The monoisotopic (exact) mass is 267 g/mol. The number of aliphatic hydroxyl groups excluding tert-OH is 1. The zero-order valence-corrected chi connectivity index (χ0v) is 12.1. The van der Waals surface area contributed by atoms with E-state index in [1.54, 1.807) is 6.07 Å². The van der Waals surface area contributed by atoms with Crippen molar-refractivity contribution >= 4 is 11.5 Å². The molecule has 1 rings (SSSR count). The molecule has 0 aliphatic carbocycles. The van der Waals surface area contributed by atoms with Gasteiger partial charge < -0.3 is 20.5 Å². The number of hydrogen-bond acceptors (Lipinski definition) is 5. The first-order valence-electron chi connectivity index (χ1n) is 6.87. The molecule has 5 heteroatoms. The standard InChI is InChI=1S/C14H25N3O2/c1-4-5-8-17(9-10-18)13-7-6-12(15)14(16-13)19-11(2)3/h6-7,11,18H,4-5,8-10,15H2,1-3H3. The van der Waals surface area contributed by atoms with Crippen LogP contribution in [0.15, 0.2) is 12.1 Å². The third-order valence-electron chi connectivity index (χ3n) is 2.70. The average molecular weight is 267 g/mol. The summed E-state index contributed by atoms with van der Waals surface area (Å²) in [5, 5.41) is 9.14. The molecule has 0 atom stereocenters. The van der Waals surface area contributed by atoms with Gasteiger partial charge in [0, 0.05) is 13.1 Å². The molecular weight excluding hydrogens is 242 g/mol. The molecule has 5 nitrogen and oxygen atoms in total. The Morgan fingerprint density at radius 2 is 2.11 bits per heavy atom. The van der Waals surface area contributed by atoms with Gasteiger partial charge in [-0.1, -0.05) is 13.3 Å². The van der Waals surface area contributed by atoms with Gasteiger partial charge in [-0.3, -0.25) is 0 Å². The lowest BCUT2D eigenvalue weighted by Gasteiger charge is -2.23. The summed E-state index contributed by atoms with van der Waals surface area (Å²) in [6, 6.07) is 3.67. The number of aromatic nitrogens is 1. The Kier molecular flexibility index (Phi) is 6.42. The molecule has 1 aromatic rings. The zero-order valence-electron chi connectivity index (χ0n) is 12.1. The lowest BCUT2D eigenvalue weighted by atomic mass is 10.3. The van der Waals surface area contributed by atoms with Crippen LogP contribution in [0.4, 0.5) is 11.5 Å². The second kappa shape index (κ2) is 7.84. The van der Waals surface area contributed by atoms with E-state index < -0.39 is 0 Å². The fourth-order valence-electron chi connectivity index (χ4n) is 1.75. The predicted molar refractivity (Wildman–Crippen MR) is 78.6 cm³/mol. The molecule has 0 aliphatic heterocycles. The minimum atomic E-state index is 0.0342. The summed E-state index contributed by atoms with van der Waals surface area (Å²) >= 11 is 0. The van der Waals surface area contributed by atoms with Crippen LogP contribution >= 0.6 is 0 Å². The topological polar surface area (TPSA) is 71.6 Å². The van der Waals surface area contributed by atoms with E-state index in [1.165, 1.54) is 0 Å². The molecule has 3 N–H and O–H groups in total. The number of aliphatic hydroxyl groups is 1. The van der Waals surface area contributed by atoms with Gasteiger partial charge in [-0.15, -0.1) is 0 Å². The number of nitrogens with zero attached hydrogens (tertiary/aromatic N) is 2. The van der Waals surface area contributed by atoms with Crippen LogP contribution in [0.3, 0.4) is 0 Å². The smallest absolute Gasteiger partial charge is 0.239 e. The third kappa shape index (κ3) is 4.95. The van der Waals surface area contributed by atoms with Crippen molar-refractivity contribution in [1.29, 1.82) is 0 Å². The molecule has 0 amide bonds. The Morgan fingerprint density at radius 3 is 2.68 bits per heavy atom. The fraction of sp³-hybridized carbons (Fsp3) is 0.643. The normalized spacial score (nSPS) is 10.8. The maximum atomic E-state index is 9.14. The van der Waals surface area contributed by atoms with E-state index in [0.717, 1.165) is 25.2 Å². The molecule has 1 heterocycles. The number of hydrogen-bond donors (Lipinski definition) is 2. The van der Waals surface area contributed by atoms with E-state index in [2.05, 4.69) is 16.8 Å². The Labute approximate surface area is 115 Å². The number of rotatable bonds is 8. The van der Waals surface area contributed by atoms with Gasteiger partial charge in [-0.05, 0) is 32.4 Å².